The Hall–Kier alpha value is -2.03. The molecular weight excluding hydrogens is 234 g/mol. The summed E-state index contributed by atoms with van der Waals surface area (Å²) in [4.78, 5) is 4.36. The summed E-state index contributed by atoms with van der Waals surface area (Å²) in [7, 11) is 0. The molecule has 1 aromatic heterocycles. The number of anilines is 2. The molecule has 3 N–H and O–H groups in total. The zero-order valence-electron chi connectivity index (χ0n) is 11.0. The zero-order chi connectivity index (χ0) is 13.1. The Kier molecular flexibility index (Phi) is 3.36. The lowest BCUT2D eigenvalue weighted by molar-refractivity contribution is 0.863. The van der Waals surface area contributed by atoms with Gasteiger partial charge in [-0.3, -0.25) is 4.98 Å². The van der Waals surface area contributed by atoms with Crippen LogP contribution < -0.4 is 11.1 Å². The number of aromatic nitrogens is 1. The van der Waals surface area contributed by atoms with Gasteiger partial charge < -0.3 is 11.1 Å². The van der Waals surface area contributed by atoms with Gasteiger partial charge in [0.15, 0.2) is 0 Å². The van der Waals surface area contributed by atoms with Gasteiger partial charge in [0.2, 0.25) is 0 Å². The largest absolute Gasteiger partial charge is 0.399 e. The topological polar surface area (TPSA) is 50.9 Å². The van der Waals surface area contributed by atoms with E-state index in [9.17, 15) is 0 Å². The Morgan fingerprint density at radius 3 is 3.05 bits per heavy atom. The van der Waals surface area contributed by atoms with Gasteiger partial charge in [-0.2, -0.15) is 0 Å². The highest BCUT2D eigenvalue weighted by Gasteiger charge is 2.05. The van der Waals surface area contributed by atoms with Crippen LogP contribution in [0, 0.1) is 0 Å². The molecule has 0 aliphatic heterocycles. The van der Waals surface area contributed by atoms with Gasteiger partial charge in [0, 0.05) is 29.5 Å². The van der Waals surface area contributed by atoms with Crippen molar-refractivity contribution in [1.29, 1.82) is 0 Å². The number of nitrogens with two attached hydrogens (primary N) is 1. The van der Waals surface area contributed by atoms with Gasteiger partial charge in [-0.05, 0) is 49.9 Å². The number of allylic oxidation sites excluding steroid dienone is 1. The summed E-state index contributed by atoms with van der Waals surface area (Å²) in [6.45, 7) is 0.981. The molecule has 98 valence electrons. The molecule has 0 saturated carbocycles. The van der Waals surface area contributed by atoms with E-state index in [1.165, 1.54) is 19.3 Å². The number of benzene rings is 1. The van der Waals surface area contributed by atoms with Crippen LogP contribution in [0.4, 0.5) is 11.4 Å². The molecule has 3 rings (SSSR count). The third-order valence-electron chi connectivity index (χ3n) is 3.66. The minimum Gasteiger partial charge on any atom is -0.399 e. The van der Waals surface area contributed by atoms with Crippen molar-refractivity contribution < 1.29 is 0 Å². The first kappa shape index (κ1) is 12.0. The molecule has 3 nitrogen and oxygen atoms in total. The molecule has 1 aromatic carbocycles. The lowest BCUT2D eigenvalue weighted by atomic mass is 10.1. The predicted molar refractivity (Wildman–Crippen MR) is 81.2 cm³/mol. The Labute approximate surface area is 113 Å². The average molecular weight is 253 g/mol. The summed E-state index contributed by atoms with van der Waals surface area (Å²) in [5.41, 5.74) is 10.2. The van der Waals surface area contributed by atoms with E-state index in [4.69, 9.17) is 5.73 Å². The molecule has 19 heavy (non-hydrogen) atoms. The van der Waals surface area contributed by atoms with Gasteiger partial charge in [-0.1, -0.05) is 11.6 Å². The molecule has 1 heterocycles. The molecule has 0 bridgehead atoms. The van der Waals surface area contributed by atoms with Crippen molar-refractivity contribution in [2.45, 2.75) is 25.7 Å². The first-order chi connectivity index (χ1) is 9.33. The van der Waals surface area contributed by atoms with Crippen LogP contribution in [0.1, 0.15) is 25.7 Å². The van der Waals surface area contributed by atoms with Crippen LogP contribution in [0.2, 0.25) is 0 Å². The molecule has 0 amide bonds. The number of fused-ring (bicyclic) bond motifs is 1. The van der Waals surface area contributed by atoms with E-state index in [0.29, 0.717) is 0 Å². The summed E-state index contributed by atoms with van der Waals surface area (Å²) < 4.78 is 0. The van der Waals surface area contributed by atoms with Crippen LogP contribution in [0.3, 0.4) is 0 Å². The van der Waals surface area contributed by atoms with E-state index >= 15 is 0 Å². The van der Waals surface area contributed by atoms with Crippen molar-refractivity contribution in [1.82, 2.24) is 4.98 Å². The van der Waals surface area contributed by atoms with E-state index in [-0.39, 0.29) is 0 Å². The lowest BCUT2D eigenvalue weighted by Gasteiger charge is -2.10. The molecular formula is C16H19N3. The monoisotopic (exact) mass is 253 g/mol. The van der Waals surface area contributed by atoms with E-state index in [1.807, 2.05) is 30.5 Å². The molecule has 1 aliphatic rings. The smallest absolute Gasteiger partial charge is 0.0743 e. The van der Waals surface area contributed by atoms with Gasteiger partial charge in [-0.25, -0.2) is 0 Å². The van der Waals surface area contributed by atoms with Crippen LogP contribution >= 0.6 is 0 Å². The summed E-state index contributed by atoms with van der Waals surface area (Å²) in [6, 6.07) is 7.91. The number of nitrogen functional groups attached to an aromatic ring is 1. The first-order valence-corrected chi connectivity index (χ1v) is 6.89. The third-order valence-corrected chi connectivity index (χ3v) is 3.66. The molecule has 0 fully saturated rings. The van der Waals surface area contributed by atoms with Gasteiger partial charge in [0.25, 0.3) is 0 Å². The van der Waals surface area contributed by atoms with E-state index in [0.717, 1.165) is 35.2 Å². The van der Waals surface area contributed by atoms with Gasteiger partial charge >= 0.3 is 0 Å². The molecule has 2 aromatic rings. The number of pyridine rings is 1. The third kappa shape index (κ3) is 2.70. The fourth-order valence-electron chi connectivity index (χ4n) is 2.64. The number of rotatable bonds is 4. The van der Waals surface area contributed by atoms with Crippen molar-refractivity contribution in [2.75, 3.05) is 17.6 Å². The van der Waals surface area contributed by atoms with Crippen molar-refractivity contribution in [3.05, 3.63) is 42.1 Å². The van der Waals surface area contributed by atoms with Crippen LogP contribution in [-0.4, -0.2) is 11.5 Å². The van der Waals surface area contributed by atoms with Crippen molar-refractivity contribution >= 4 is 22.3 Å². The van der Waals surface area contributed by atoms with Crippen LogP contribution in [0.15, 0.2) is 42.1 Å². The van der Waals surface area contributed by atoms with Crippen molar-refractivity contribution in [3.63, 3.8) is 0 Å². The minimum absolute atomic E-state index is 0.758. The molecule has 3 heteroatoms. The Morgan fingerprint density at radius 2 is 2.21 bits per heavy atom. The van der Waals surface area contributed by atoms with Gasteiger partial charge in [-0.15, -0.1) is 0 Å². The van der Waals surface area contributed by atoms with Crippen molar-refractivity contribution in [3.8, 4) is 0 Å². The SMILES string of the molecule is Nc1ccc2c(NCCC3=CCCC3)ccnc2c1. The Bertz CT molecular complexity index is 616. The average Bonchev–Trinajstić information content (AvgIpc) is 2.92. The predicted octanol–water partition coefficient (Wildman–Crippen LogP) is 3.73. The van der Waals surface area contributed by atoms with Crippen LogP contribution in [0.25, 0.3) is 10.9 Å². The highest BCUT2D eigenvalue weighted by Crippen LogP contribution is 2.24. The summed E-state index contributed by atoms with van der Waals surface area (Å²) >= 11 is 0. The maximum absolute atomic E-state index is 5.79. The summed E-state index contributed by atoms with van der Waals surface area (Å²) in [5.74, 6) is 0. The first-order valence-electron chi connectivity index (χ1n) is 6.89. The molecule has 0 atom stereocenters. The molecule has 0 unspecified atom stereocenters. The van der Waals surface area contributed by atoms with Crippen LogP contribution in [0.5, 0.6) is 0 Å². The Balaban J connectivity index is 1.73. The Morgan fingerprint density at radius 1 is 1.26 bits per heavy atom. The fourth-order valence-corrected chi connectivity index (χ4v) is 2.64. The standard InChI is InChI=1S/C16H19N3/c17-13-5-6-14-15(8-10-19-16(14)11-13)18-9-7-12-3-1-2-4-12/h3,5-6,8,10-11H,1-2,4,7,9,17H2,(H,18,19). The van der Waals surface area contributed by atoms with E-state index in [1.54, 1.807) is 5.57 Å². The quantitative estimate of drug-likeness (QED) is 0.645. The van der Waals surface area contributed by atoms with Gasteiger partial charge in [0.1, 0.15) is 0 Å². The summed E-state index contributed by atoms with van der Waals surface area (Å²) in [5, 5.41) is 4.65. The summed E-state index contributed by atoms with van der Waals surface area (Å²) in [6.07, 6.45) is 9.21. The number of hydrogen-bond donors (Lipinski definition) is 2. The highest BCUT2D eigenvalue weighted by molar-refractivity contribution is 5.92. The normalized spacial score (nSPS) is 14.6. The maximum atomic E-state index is 5.79. The van der Waals surface area contributed by atoms with Gasteiger partial charge in [0.05, 0.1) is 5.52 Å². The fraction of sp³-hybridized carbons (Fsp3) is 0.312. The second-order valence-electron chi connectivity index (χ2n) is 5.07. The second-order valence-corrected chi connectivity index (χ2v) is 5.07. The molecule has 0 saturated heterocycles. The number of nitrogens with zero attached hydrogens (tertiary/aromatic N) is 1. The molecule has 0 spiro atoms. The number of hydrogen-bond acceptors (Lipinski definition) is 3. The maximum Gasteiger partial charge on any atom is 0.0743 e. The van der Waals surface area contributed by atoms with Crippen molar-refractivity contribution in [2.24, 2.45) is 0 Å². The highest BCUT2D eigenvalue weighted by atomic mass is 14.9. The lowest BCUT2D eigenvalue weighted by Crippen LogP contribution is -2.03. The minimum atomic E-state index is 0.758. The second kappa shape index (κ2) is 5.31. The van der Waals surface area contributed by atoms with Crippen LogP contribution in [-0.2, 0) is 0 Å². The molecule has 0 radical (unpaired) electrons. The zero-order valence-corrected chi connectivity index (χ0v) is 11.0. The molecule has 1 aliphatic carbocycles. The number of nitrogens with one attached hydrogen (secondary N) is 1. The van der Waals surface area contributed by atoms with E-state index < -0.39 is 0 Å². The van der Waals surface area contributed by atoms with E-state index in [2.05, 4.69) is 16.4 Å².